The number of non-ortho nitro benzene ring substituents is 1. The standard InChI is InChI=1S/C23H26N4O4/c1-24-14-2-3-21(24)15-25(18-9-10-18)23(29)16-26(19-11-12-19)22(28)13-6-17-4-7-20(8-5-17)27(30)31/h2-8,13-14,18-19H,9-12,15-16H2,1H3/b13-6+. The van der Waals surface area contributed by atoms with Crippen LogP contribution in [0.2, 0.25) is 0 Å². The number of hydrogen-bond acceptors (Lipinski definition) is 4. The molecule has 8 nitrogen and oxygen atoms in total. The van der Waals surface area contributed by atoms with Gasteiger partial charge in [0.05, 0.1) is 11.5 Å². The van der Waals surface area contributed by atoms with Crippen molar-refractivity contribution in [3.8, 4) is 0 Å². The lowest BCUT2D eigenvalue weighted by Crippen LogP contribution is -2.44. The minimum absolute atomic E-state index is 0.00655. The molecule has 0 atom stereocenters. The second-order valence-electron chi connectivity index (χ2n) is 8.24. The van der Waals surface area contributed by atoms with Crippen molar-refractivity contribution in [2.75, 3.05) is 6.54 Å². The number of nitro benzene ring substituents is 1. The summed E-state index contributed by atoms with van der Waals surface area (Å²) in [6.07, 6.45) is 8.88. The molecule has 0 radical (unpaired) electrons. The minimum Gasteiger partial charge on any atom is -0.353 e. The largest absolute Gasteiger partial charge is 0.353 e. The molecule has 2 saturated carbocycles. The van der Waals surface area contributed by atoms with Gasteiger partial charge in [0.15, 0.2) is 0 Å². The van der Waals surface area contributed by atoms with Crippen molar-refractivity contribution in [2.45, 2.75) is 44.3 Å². The first-order valence-corrected chi connectivity index (χ1v) is 10.5. The Kier molecular flexibility index (Phi) is 5.88. The third-order valence-electron chi connectivity index (χ3n) is 5.79. The first kappa shape index (κ1) is 20.8. The Morgan fingerprint density at radius 3 is 2.29 bits per heavy atom. The minimum atomic E-state index is -0.458. The fourth-order valence-corrected chi connectivity index (χ4v) is 3.62. The van der Waals surface area contributed by atoms with E-state index in [1.165, 1.54) is 18.2 Å². The summed E-state index contributed by atoms with van der Waals surface area (Å²) in [7, 11) is 1.97. The molecule has 1 aromatic heterocycles. The van der Waals surface area contributed by atoms with Crippen molar-refractivity contribution >= 4 is 23.6 Å². The Balaban J connectivity index is 1.42. The van der Waals surface area contributed by atoms with Crippen molar-refractivity contribution in [3.05, 3.63) is 70.0 Å². The zero-order chi connectivity index (χ0) is 22.0. The fraction of sp³-hybridized carbons (Fsp3) is 0.391. The highest BCUT2D eigenvalue weighted by Gasteiger charge is 2.37. The summed E-state index contributed by atoms with van der Waals surface area (Å²) < 4.78 is 2.01. The van der Waals surface area contributed by atoms with E-state index >= 15 is 0 Å². The van der Waals surface area contributed by atoms with Crippen LogP contribution in [0.25, 0.3) is 6.08 Å². The van der Waals surface area contributed by atoms with E-state index in [2.05, 4.69) is 0 Å². The lowest BCUT2D eigenvalue weighted by molar-refractivity contribution is -0.384. The summed E-state index contributed by atoms with van der Waals surface area (Å²) in [4.78, 5) is 39.8. The number of hydrogen-bond donors (Lipinski definition) is 0. The van der Waals surface area contributed by atoms with E-state index < -0.39 is 4.92 Å². The predicted molar refractivity (Wildman–Crippen MR) is 116 cm³/mol. The van der Waals surface area contributed by atoms with Gasteiger partial charge in [0.2, 0.25) is 11.8 Å². The first-order valence-electron chi connectivity index (χ1n) is 10.5. The number of carbonyl (C=O) groups excluding carboxylic acids is 2. The molecule has 0 N–H and O–H groups in total. The molecule has 1 aromatic carbocycles. The van der Waals surface area contributed by atoms with Gasteiger partial charge < -0.3 is 14.4 Å². The van der Waals surface area contributed by atoms with E-state index in [9.17, 15) is 19.7 Å². The molecule has 2 amide bonds. The number of aromatic nitrogens is 1. The average molecular weight is 422 g/mol. The quantitative estimate of drug-likeness (QED) is 0.353. The van der Waals surface area contributed by atoms with Gasteiger partial charge >= 0.3 is 0 Å². The van der Waals surface area contributed by atoms with Gasteiger partial charge in [-0.2, -0.15) is 0 Å². The van der Waals surface area contributed by atoms with E-state index in [0.717, 1.165) is 31.4 Å². The lowest BCUT2D eigenvalue weighted by Gasteiger charge is -2.27. The molecule has 2 aliphatic rings. The molecule has 2 aromatic rings. The summed E-state index contributed by atoms with van der Waals surface area (Å²) in [6, 6.07) is 10.4. The van der Waals surface area contributed by atoms with Crippen molar-refractivity contribution in [2.24, 2.45) is 7.05 Å². The zero-order valence-corrected chi connectivity index (χ0v) is 17.5. The molecule has 31 heavy (non-hydrogen) atoms. The van der Waals surface area contributed by atoms with Crippen molar-refractivity contribution in [3.63, 3.8) is 0 Å². The fourth-order valence-electron chi connectivity index (χ4n) is 3.62. The number of aryl methyl sites for hydroxylation is 1. The van der Waals surface area contributed by atoms with Gasteiger partial charge in [-0.25, -0.2) is 0 Å². The first-order chi connectivity index (χ1) is 14.9. The van der Waals surface area contributed by atoms with Crippen LogP contribution < -0.4 is 0 Å². The summed E-state index contributed by atoms with van der Waals surface area (Å²) in [5, 5.41) is 10.8. The molecule has 1 heterocycles. The maximum atomic E-state index is 13.1. The monoisotopic (exact) mass is 422 g/mol. The van der Waals surface area contributed by atoms with Gasteiger partial charge in [0.1, 0.15) is 6.54 Å². The molecule has 0 spiro atoms. The molecular formula is C23H26N4O4. The molecule has 0 saturated heterocycles. The van der Waals surface area contributed by atoms with E-state index in [1.54, 1.807) is 23.1 Å². The Labute approximate surface area is 180 Å². The van der Waals surface area contributed by atoms with Gasteiger partial charge in [0, 0.05) is 49.2 Å². The molecular weight excluding hydrogens is 396 g/mol. The van der Waals surface area contributed by atoms with Crippen LogP contribution in [-0.4, -0.2) is 49.7 Å². The number of rotatable bonds is 9. The van der Waals surface area contributed by atoms with Crippen LogP contribution >= 0.6 is 0 Å². The maximum Gasteiger partial charge on any atom is 0.269 e. The summed E-state index contributed by atoms with van der Waals surface area (Å²) in [5.41, 5.74) is 1.78. The molecule has 0 unspecified atom stereocenters. The molecule has 2 fully saturated rings. The smallest absolute Gasteiger partial charge is 0.269 e. The summed E-state index contributed by atoms with van der Waals surface area (Å²) >= 11 is 0. The summed E-state index contributed by atoms with van der Waals surface area (Å²) in [6.45, 7) is 0.632. The molecule has 162 valence electrons. The normalized spacial score (nSPS) is 15.8. The Morgan fingerprint density at radius 2 is 1.74 bits per heavy atom. The van der Waals surface area contributed by atoms with Gasteiger partial charge in [0.25, 0.3) is 5.69 Å². The van der Waals surface area contributed by atoms with Crippen LogP contribution in [0.15, 0.2) is 48.7 Å². The Morgan fingerprint density at radius 1 is 1.10 bits per heavy atom. The van der Waals surface area contributed by atoms with Crippen LogP contribution in [0.5, 0.6) is 0 Å². The number of carbonyl (C=O) groups is 2. The van der Waals surface area contributed by atoms with Crippen LogP contribution in [0.4, 0.5) is 5.69 Å². The van der Waals surface area contributed by atoms with Gasteiger partial charge in [-0.1, -0.05) is 0 Å². The Hall–Kier alpha value is -3.42. The topological polar surface area (TPSA) is 88.7 Å². The number of nitro groups is 1. The second kappa shape index (κ2) is 8.75. The van der Waals surface area contributed by atoms with E-state index in [4.69, 9.17) is 0 Å². The van der Waals surface area contributed by atoms with E-state index in [-0.39, 0.29) is 36.1 Å². The van der Waals surface area contributed by atoms with Gasteiger partial charge in [-0.3, -0.25) is 19.7 Å². The highest BCUT2D eigenvalue weighted by molar-refractivity contribution is 5.95. The van der Waals surface area contributed by atoms with Crippen molar-refractivity contribution in [1.29, 1.82) is 0 Å². The number of benzene rings is 1. The zero-order valence-electron chi connectivity index (χ0n) is 17.5. The molecule has 2 aliphatic carbocycles. The van der Waals surface area contributed by atoms with E-state index in [1.807, 2.05) is 34.8 Å². The number of amides is 2. The Bertz CT molecular complexity index is 1000. The molecule has 0 bridgehead atoms. The number of nitrogens with zero attached hydrogens (tertiary/aromatic N) is 4. The van der Waals surface area contributed by atoms with Gasteiger partial charge in [-0.15, -0.1) is 0 Å². The predicted octanol–water partition coefficient (Wildman–Crippen LogP) is 3.13. The second-order valence-corrected chi connectivity index (χ2v) is 8.24. The highest BCUT2D eigenvalue weighted by Crippen LogP contribution is 2.31. The highest BCUT2D eigenvalue weighted by atomic mass is 16.6. The molecule has 4 rings (SSSR count). The van der Waals surface area contributed by atoms with Crippen LogP contribution in [0.1, 0.15) is 36.9 Å². The van der Waals surface area contributed by atoms with E-state index in [0.29, 0.717) is 12.1 Å². The third kappa shape index (κ3) is 5.20. The third-order valence-corrected chi connectivity index (χ3v) is 5.79. The average Bonchev–Trinajstić information content (AvgIpc) is 3.68. The molecule has 0 aliphatic heterocycles. The molecule has 8 heteroatoms. The lowest BCUT2D eigenvalue weighted by atomic mass is 10.2. The van der Waals surface area contributed by atoms with Crippen LogP contribution in [0, 0.1) is 10.1 Å². The van der Waals surface area contributed by atoms with Crippen LogP contribution in [0.3, 0.4) is 0 Å². The SMILES string of the molecule is Cn1cccc1CN(C(=O)CN(C(=O)/C=C/c1ccc([N+](=O)[O-])cc1)C1CC1)C1CC1. The van der Waals surface area contributed by atoms with Gasteiger partial charge in [-0.05, 0) is 61.6 Å². The van der Waals surface area contributed by atoms with Crippen molar-refractivity contribution < 1.29 is 14.5 Å². The van der Waals surface area contributed by atoms with Crippen LogP contribution in [-0.2, 0) is 23.2 Å². The maximum absolute atomic E-state index is 13.1. The summed E-state index contributed by atoms with van der Waals surface area (Å²) in [5.74, 6) is -0.225. The van der Waals surface area contributed by atoms with Crippen molar-refractivity contribution in [1.82, 2.24) is 14.4 Å².